The molecular weight excluding hydrogens is 208 g/mol. The van der Waals surface area contributed by atoms with Crippen molar-refractivity contribution in [1.82, 2.24) is 0 Å². The molecule has 0 unspecified atom stereocenters. The summed E-state index contributed by atoms with van der Waals surface area (Å²) in [6.07, 6.45) is 9.52. The molecule has 1 aromatic rings. The van der Waals surface area contributed by atoms with Crippen molar-refractivity contribution in [3.63, 3.8) is 0 Å². The van der Waals surface area contributed by atoms with Gasteiger partial charge in [-0.25, -0.2) is 0 Å². The van der Waals surface area contributed by atoms with Crippen LogP contribution in [0.3, 0.4) is 0 Å². The van der Waals surface area contributed by atoms with Gasteiger partial charge < -0.3 is 0 Å². The number of allylic oxidation sites excluding steroid dienone is 2. The molecule has 2 rings (SSSR count). The lowest BCUT2D eigenvalue weighted by Gasteiger charge is -2.11. The molecule has 0 heterocycles. The molecule has 90 valence electrons. The monoisotopic (exact) mass is 228 g/mol. The van der Waals surface area contributed by atoms with Crippen LogP contribution in [0.1, 0.15) is 44.1 Å². The maximum absolute atomic E-state index is 11.3. The molecule has 0 spiro atoms. The van der Waals surface area contributed by atoms with Crippen LogP contribution < -0.4 is 0 Å². The molecule has 0 aromatic heterocycles. The van der Waals surface area contributed by atoms with Gasteiger partial charge in [-0.1, -0.05) is 35.9 Å². The van der Waals surface area contributed by atoms with Gasteiger partial charge in [0.15, 0.2) is 5.78 Å². The van der Waals surface area contributed by atoms with Crippen molar-refractivity contribution < 1.29 is 4.79 Å². The van der Waals surface area contributed by atoms with Gasteiger partial charge in [0.05, 0.1) is 0 Å². The number of aryl methyl sites for hydroxylation is 1. The summed E-state index contributed by atoms with van der Waals surface area (Å²) in [6, 6.07) is 10.6. The fourth-order valence-electron chi connectivity index (χ4n) is 2.38. The third kappa shape index (κ3) is 4.18. The fraction of sp³-hybridized carbons (Fsp3) is 0.438. The Kier molecular flexibility index (Phi) is 4.54. The van der Waals surface area contributed by atoms with E-state index >= 15 is 0 Å². The number of hydrogen-bond acceptors (Lipinski definition) is 1. The van der Waals surface area contributed by atoms with Crippen LogP contribution in [0.15, 0.2) is 42.0 Å². The molecule has 17 heavy (non-hydrogen) atoms. The van der Waals surface area contributed by atoms with Gasteiger partial charge in [0.1, 0.15) is 0 Å². The maximum Gasteiger partial charge on any atom is 0.155 e. The van der Waals surface area contributed by atoms with E-state index < -0.39 is 0 Å². The SMILES string of the molecule is O=C1C=C(CCCCc2ccccc2)CCC1. The van der Waals surface area contributed by atoms with Gasteiger partial charge in [-0.15, -0.1) is 0 Å². The average Bonchev–Trinajstić information content (AvgIpc) is 2.36. The van der Waals surface area contributed by atoms with Crippen LogP contribution in [0.25, 0.3) is 0 Å². The first-order chi connectivity index (χ1) is 8.34. The molecule has 0 saturated heterocycles. The number of unbranched alkanes of at least 4 members (excludes halogenated alkanes) is 1. The van der Waals surface area contributed by atoms with Crippen LogP contribution >= 0.6 is 0 Å². The van der Waals surface area contributed by atoms with E-state index in [1.54, 1.807) is 0 Å². The summed E-state index contributed by atoms with van der Waals surface area (Å²) in [6.45, 7) is 0. The van der Waals surface area contributed by atoms with Crippen LogP contribution in [0.2, 0.25) is 0 Å². The third-order valence-electron chi connectivity index (χ3n) is 3.34. The smallest absolute Gasteiger partial charge is 0.155 e. The zero-order valence-corrected chi connectivity index (χ0v) is 10.3. The second-order valence-corrected chi connectivity index (χ2v) is 4.82. The predicted octanol–water partition coefficient (Wildman–Crippen LogP) is 4.08. The molecule has 0 atom stereocenters. The second kappa shape index (κ2) is 6.39. The van der Waals surface area contributed by atoms with Crippen molar-refractivity contribution in [3.05, 3.63) is 47.5 Å². The van der Waals surface area contributed by atoms with Crippen LogP contribution in [0, 0.1) is 0 Å². The zero-order valence-electron chi connectivity index (χ0n) is 10.3. The Morgan fingerprint density at radius 3 is 2.47 bits per heavy atom. The van der Waals surface area contributed by atoms with Gasteiger partial charge in [-0.3, -0.25) is 4.79 Å². The number of hydrogen-bond donors (Lipinski definition) is 0. The van der Waals surface area contributed by atoms with Gasteiger partial charge >= 0.3 is 0 Å². The van der Waals surface area contributed by atoms with E-state index in [1.165, 1.54) is 24.0 Å². The van der Waals surface area contributed by atoms with Gasteiger partial charge in [-0.2, -0.15) is 0 Å². The molecule has 0 bridgehead atoms. The second-order valence-electron chi connectivity index (χ2n) is 4.82. The van der Waals surface area contributed by atoms with E-state index in [0.29, 0.717) is 5.78 Å². The van der Waals surface area contributed by atoms with Crippen molar-refractivity contribution in [1.29, 1.82) is 0 Å². The van der Waals surface area contributed by atoms with E-state index in [4.69, 9.17) is 0 Å². The molecule has 0 amide bonds. The normalized spacial score (nSPS) is 15.8. The van der Waals surface area contributed by atoms with Gasteiger partial charge in [0.25, 0.3) is 0 Å². The highest BCUT2D eigenvalue weighted by Crippen LogP contribution is 2.20. The van der Waals surface area contributed by atoms with E-state index in [1.807, 2.05) is 6.08 Å². The number of ketones is 1. The lowest BCUT2D eigenvalue weighted by molar-refractivity contribution is -0.115. The summed E-state index contributed by atoms with van der Waals surface area (Å²) in [7, 11) is 0. The quantitative estimate of drug-likeness (QED) is 0.694. The Bertz CT molecular complexity index is 389. The molecule has 1 heteroatoms. The van der Waals surface area contributed by atoms with Gasteiger partial charge in [0.2, 0.25) is 0 Å². The molecular formula is C16H20O. The number of carbonyl (C=O) groups is 1. The minimum atomic E-state index is 0.328. The van der Waals surface area contributed by atoms with Crippen molar-refractivity contribution in [2.24, 2.45) is 0 Å². The van der Waals surface area contributed by atoms with E-state index in [0.717, 1.165) is 32.1 Å². The first kappa shape index (κ1) is 12.1. The molecule has 0 fully saturated rings. The highest BCUT2D eigenvalue weighted by atomic mass is 16.1. The molecule has 0 saturated carbocycles. The summed E-state index contributed by atoms with van der Waals surface area (Å²) in [5, 5.41) is 0. The first-order valence-electron chi connectivity index (χ1n) is 6.61. The Balaban J connectivity index is 1.68. The van der Waals surface area contributed by atoms with Crippen LogP contribution in [0.4, 0.5) is 0 Å². The summed E-state index contributed by atoms with van der Waals surface area (Å²) < 4.78 is 0. The van der Waals surface area contributed by atoms with Crippen molar-refractivity contribution in [2.75, 3.05) is 0 Å². The van der Waals surface area contributed by atoms with Crippen LogP contribution in [-0.4, -0.2) is 5.78 Å². The van der Waals surface area contributed by atoms with E-state index in [-0.39, 0.29) is 0 Å². The number of carbonyl (C=O) groups excluding carboxylic acids is 1. The predicted molar refractivity (Wildman–Crippen MR) is 70.9 cm³/mol. The minimum Gasteiger partial charge on any atom is -0.295 e. The summed E-state index contributed by atoms with van der Waals surface area (Å²) >= 11 is 0. The average molecular weight is 228 g/mol. The molecule has 1 aromatic carbocycles. The maximum atomic E-state index is 11.3. The van der Waals surface area contributed by atoms with E-state index in [9.17, 15) is 4.79 Å². The summed E-state index contributed by atoms with van der Waals surface area (Å²) in [4.78, 5) is 11.3. The molecule has 1 nitrogen and oxygen atoms in total. The van der Waals surface area contributed by atoms with Gasteiger partial charge in [0, 0.05) is 6.42 Å². The van der Waals surface area contributed by atoms with Crippen LogP contribution in [0.5, 0.6) is 0 Å². The highest BCUT2D eigenvalue weighted by Gasteiger charge is 2.08. The fourth-order valence-corrected chi connectivity index (χ4v) is 2.38. The van der Waals surface area contributed by atoms with Crippen molar-refractivity contribution in [2.45, 2.75) is 44.9 Å². The minimum absolute atomic E-state index is 0.328. The number of rotatable bonds is 5. The third-order valence-corrected chi connectivity index (χ3v) is 3.34. The molecule has 0 radical (unpaired) electrons. The van der Waals surface area contributed by atoms with Crippen LogP contribution in [-0.2, 0) is 11.2 Å². The van der Waals surface area contributed by atoms with Gasteiger partial charge in [-0.05, 0) is 50.2 Å². The van der Waals surface area contributed by atoms with E-state index in [2.05, 4.69) is 30.3 Å². The first-order valence-corrected chi connectivity index (χ1v) is 6.61. The summed E-state index contributed by atoms with van der Waals surface area (Å²) in [5.41, 5.74) is 2.79. The topological polar surface area (TPSA) is 17.1 Å². The Hall–Kier alpha value is -1.37. The molecule has 0 N–H and O–H groups in total. The Labute approximate surface area is 104 Å². The Morgan fingerprint density at radius 1 is 0.941 bits per heavy atom. The standard InChI is InChI=1S/C16H20O/c17-16-12-6-11-15(13-16)10-5-4-9-14-7-2-1-3-8-14/h1-3,7-8,13H,4-6,9-12H2. The van der Waals surface area contributed by atoms with Crippen molar-refractivity contribution in [3.8, 4) is 0 Å². The number of benzene rings is 1. The molecule has 0 aliphatic heterocycles. The Morgan fingerprint density at radius 2 is 1.71 bits per heavy atom. The van der Waals surface area contributed by atoms with Crippen molar-refractivity contribution >= 4 is 5.78 Å². The summed E-state index contributed by atoms with van der Waals surface area (Å²) in [5.74, 6) is 0.328. The highest BCUT2D eigenvalue weighted by molar-refractivity contribution is 5.91. The largest absolute Gasteiger partial charge is 0.295 e. The zero-order chi connectivity index (χ0) is 11.9. The molecule has 1 aliphatic rings. The lowest BCUT2D eigenvalue weighted by Crippen LogP contribution is -2.02. The molecule has 1 aliphatic carbocycles. The lowest BCUT2D eigenvalue weighted by atomic mass is 9.94.